The van der Waals surface area contributed by atoms with Gasteiger partial charge in [-0.1, -0.05) is 42.5 Å². The molecule has 0 saturated carbocycles. The summed E-state index contributed by atoms with van der Waals surface area (Å²) in [5.41, 5.74) is 8.19. The predicted octanol–water partition coefficient (Wildman–Crippen LogP) is 2.24. The Morgan fingerprint density at radius 1 is 1.17 bits per heavy atom. The number of para-hydroxylation sites is 1. The molecule has 0 aromatic heterocycles. The molecule has 2 aromatic carbocycles. The first kappa shape index (κ1) is 12.6. The van der Waals surface area contributed by atoms with Crippen LogP contribution in [0.3, 0.4) is 0 Å². The van der Waals surface area contributed by atoms with E-state index < -0.39 is 6.10 Å². The van der Waals surface area contributed by atoms with Gasteiger partial charge >= 0.3 is 0 Å². The highest BCUT2D eigenvalue weighted by Crippen LogP contribution is 2.29. The average molecular weight is 243 g/mol. The molecule has 1 unspecified atom stereocenters. The van der Waals surface area contributed by atoms with Crippen LogP contribution in [0, 0.1) is 0 Å². The maximum absolute atomic E-state index is 10.4. The van der Waals surface area contributed by atoms with Gasteiger partial charge in [0, 0.05) is 12.1 Å². The second-order valence-electron chi connectivity index (χ2n) is 4.09. The topological polar surface area (TPSA) is 55.5 Å². The molecule has 0 aliphatic carbocycles. The van der Waals surface area contributed by atoms with Gasteiger partial charge in [0.25, 0.3) is 0 Å². The molecule has 94 valence electrons. The van der Waals surface area contributed by atoms with E-state index in [1.165, 1.54) is 0 Å². The third-order valence-corrected chi connectivity index (χ3v) is 2.94. The van der Waals surface area contributed by atoms with Crippen LogP contribution in [0.4, 0.5) is 0 Å². The molecular weight excluding hydrogens is 226 g/mol. The largest absolute Gasteiger partial charge is 0.496 e. The Morgan fingerprint density at radius 2 is 1.94 bits per heavy atom. The lowest BCUT2D eigenvalue weighted by atomic mass is 9.99. The average Bonchev–Trinajstić information content (AvgIpc) is 2.46. The van der Waals surface area contributed by atoms with Crippen LogP contribution >= 0.6 is 0 Å². The number of ether oxygens (including phenoxy) is 1. The molecular formula is C15H17NO2. The standard InChI is InChI=1S/C15H17NO2/c1-18-14-8-3-2-7-13(14)15(17)12-6-4-5-11(9-12)10-16/h2-9,15,17H,10,16H2,1H3. The Bertz CT molecular complexity index is 525. The quantitative estimate of drug-likeness (QED) is 0.865. The maximum Gasteiger partial charge on any atom is 0.125 e. The Balaban J connectivity index is 2.37. The molecule has 2 aromatic rings. The zero-order valence-corrected chi connectivity index (χ0v) is 10.3. The smallest absolute Gasteiger partial charge is 0.125 e. The van der Waals surface area contributed by atoms with Crippen molar-refractivity contribution in [3.63, 3.8) is 0 Å². The van der Waals surface area contributed by atoms with Crippen LogP contribution in [0.2, 0.25) is 0 Å². The molecule has 0 bridgehead atoms. The highest BCUT2D eigenvalue weighted by molar-refractivity contribution is 5.41. The SMILES string of the molecule is COc1ccccc1C(O)c1cccc(CN)c1. The van der Waals surface area contributed by atoms with Crippen LogP contribution < -0.4 is 10.5 Å². The van der Waals surface area contributed by atoms with E-state index >= 15 is 0 Å². The summed E-state index contributed by atoms with van der Waals surface area (Å²) in [5.74, 6) is 0.683. The lowest BCUT2D eigenvalue weighted by Gasteiger charge is -2.15. The minimum atomic E-state index is -0.701. The lowest BCUT2D eigenvalue weighted by Crippen LogP contribution is -2.04. The van der Waals surface area contributed by atoms with Crippen LogP contribution in [0.15, 0.2) is 48.5 Å². The van der Waals surface area contributed by atoms with Crippen molar-refractivity contribution in [1.82, 2.24) is 0 Å². The monoisotopic (exact) mass is 243 g/mol. The third-order valence-electron chi connectivity index (χ3n) is 2.94. The van der Waals surface area contributed by atoms with Crippen molar-refractivity contribution in [3.05, 3.63) is 65.2 Å². The first-order valence-corrected chi connectivity index (χ1v) is 5.86. The number of hydrogen-bond acceptors (Lipinski definition) is 3. The van der Waals surface area contributed by atoms with Gasteiger partial charge < -0.3 is 15.6 Å². The fraction of sp³-hybridized carbons (Fsp3) is 0.200. The highest BCUT2D eigenvalue weighted by Gasteiger charge is 2.14. The number of hydrogen-bond donors (Lipinski definition) is 2. The lowest BCUT2D eigenvalue weighted by molar-refractivity contribution is 0.214. The van der Waals surface area contributed by atoms with Crippen LogP contribution in [0.1, 0.15) is 22.8 Å². The minimum Gasteiger partial charge on any atom is -0.496 e. The molecule has 18 heavy (non-hydrogen) atoms. The van der Waals surface area contributed by atoms with Gasteiger partial charge in [-0.2, -0.15) is 0 Å². The van der Waals surface area contributed by atoms with Gasteiger partial charge in [-0.05, 0) is 17.2 Å². The zero-order chi connectivity index (χ0) is 13.0. The van der Waals surface area contributed by atoms with E-state index in [-0.39, 0.29) is 0 Å². The fourth-order valence-corrected chi connectivity index (χ4v) is 1.96. The van der Waals surface area contributed by atoms with Gasteiger partial charge in [-0.25, -0.2) is 0 Å². The van der Waals surface area contributed by atoms with Crippen molar-refractivity contribution in [2.24, 2.45) is 5.73 Å². The van der Waals surface area contributed by atoms with E-state index in [0.29, 0.717) is 12.3 Å². The molecule has 3 heteroatoms. The highest BCUT2D eigenvalue weighted by atomic mass is 16.5. The number of methoxy groups -OCH3 is 1. The van der Waals surface area contributed by atoms with Gasteiger partial charge in [-0.15, -0.1) is 0 Å². The van der Waals surface area contributed by atoms with E-state index in [9.17, 15) is 5.11 Å². The second-order valence-corrected chi connectivity index (χ2v) is 4.09. The summed E-state index contributed by atoms with van der Waals surface area (Å²) >= 11 is 0. The van der Waals surface area contributed by atoms with Crippen LogP contribution in [0.5, 0.6) is 5.75 Å². The minimum absolute atomic E-state index is 0.465. The summed E-state index contributed by atoms with van der Waals surface area (Å²) in [7, 11) is 1.60. The molecule has 0 saturated heterocycles. The second kappa shape index (κ2) is 5.67. The fourth-order valence-electron chi connectivity index (χ4n) is 1.96. The zero-order valence-electron chi connectivity index (χ0n) is 10.3. The van der Waals surface area contributed by atoms with Gasteiger partial charge in [0.05, 0.1) is 7.11 Å². The van der Waals surface area contributed by atoms with Gasteiger partial charge in [0.15, 0.2) is 0 Å². The Morgan fingerprint density at radius 3 is 2.67 bits per heavy atom. The molecule has 0 aliphatic rings. The number of aliphatic hydroxyl groups excluding tert-OH is 1. The van der Waals surface area contributed by atoms with E-state index in [1.54, 1.807) is 7.11 Å². The summed E-state index contributed by atoms with van der Waals surface area (Å²) in [6, 6.07) is 15.1. The normalized spacial score (nSPS) is 12.2. The van der Waals surface area contributed by atoms with E-state index in [2.05, 4.69) is 0 Å². The van der Waals surface area contributed by atoms with Gasteiger partial charge in [-0.3, -0.25) is 0 Å². The molecule has 0 fully saturated rings. The van der Waals surface area contributed by atoms with E-state index in [4.69, 9.17) is 10.5 Å². The number of rotatable bonds is 4. The first-order chi connectivity index (χ1) is 8.76. The number of aliphatic hydroxyl groups is 1. The Kier molecular flexibility index (Phi) is 3.97. The van der Waals surface area contributed by atoms with Crippen LogP contribution in [-0.4, -0.2) is 12.2 Å². The molecule has 0 amide bonds. The summed E-state index contributed by atoms with van der Waals surface area (Å²) in [4.78, 5) is 0. The van der Waals surface area contributed by atoms with E-state index in [1.807, 2.05) is 48.5 Å². The Hall–Kier alpha value is -1.84. The van der Waals surface area contributed by atoms with Crippen LogP contribution in [-0.2, 0) is 6.54 Å². The third kappa shape index (κ3) is 2.53. The van der Waals surface area contributed by atoms with Crippen molar-refractivity contribution < 1.29 is 9.84 Å². The summed E-state index contributed by atoms with van der Waals surface area (Å²) in [6.07, 6.45) is -0.701. The van der Waals surface area contributed by atoms with Crippen molar-refractivity contribution in [1.29, 1.82) is 0 Å². The molecule has 3 N–H and O–H groups in total. The molecule has 0 aliphatic heterocycles. The molecule has 1 atom stereocenters. The molecule has 2 rings (SSSR count). The summed E-state index contributed by atoms with van der Waals surface area (Å²) in [5, 5.41) is 10.4. The van der Waals surface area contributed by atoms with Crippen molar-refractivity contribution in [2.75, 3.05) is 7.11 Å². The van der Waals surface area contributed by atoms with Crippen molar-refractivity contribution in [2.45, 2.75) is 12.6 Å². The van der Waals surface area contributed by atoms with Gasteiger partial charge in [0.2, 0.25) is 0 Å². The summed E-state index contributed by atoms with van der Waals surface area (Å²) in [6.45, 7) is 0.465. The molecule has 3 nitrogen and oxygen atoms in total. The Labute approximate surface area is 107 Å². The van der Waals surface area contributed by atoms with Crippen molar-refractivity contribution >= 4 is 0 Å². The number of benzene rings is 2. The maximum atomic E-state index is 10.4. The molecule has 0 heterocycles. The molecule has 0 radical (unpaired) electrons. The first-order valence-electron chi connectivity index (χ1n) is 5.86. The van der Waals surface area contributed by atoms with E-state index in [0.717, 1.165) is 16.7 Å². The molecule has 0 spiro atoms. The summed E-state index contributed by atoms with van der Waals surface area (Å²) < 4.78 is 5.26. The van der Waals surface area contributed by atoms with Crippen molar-refractivity contribution in [3.8, 4) is 5.75 Å². The predicted molar refractivity (Wildman–Crippen MR) is 71.4 cm³/mol. The van der Waals surface area contributed by atoms with Gasteiger partial charge in [0.1, 0.15) is 11.9 Å². The van der Waals surface area contributed by atoms with Crippen LogP contribution in [0.25, 0.3) is 0 Å². The number of nitrogens with two attached hydrogens (primary N) is 1.